The molecule has 5 nitrogen and oxygen atoms in total. The molecule has 0 spiro atoms. The molecule has 126 valence electrons. The lowest BCUT2D eigenvalue weighted by Gasteiger charge is -2.23. The fraction of sp³-hybridized carbons (Fsp3) is 0.444. The number of alkyl carbamates (subject to hydrolysis) is 1. The van der Waals surface area contributed by atoms with Crippen LogP contribution in [0.1, 0.15) is 45.7 Å². The summed E-state index contributed by atoms with van der Waals surface area (Å²) >= 11 is 0. The van der Waals surface area contributed by atoms with Gasteiger partial charge in [0.15, 0.2) is 0 Å². The molecule has 0 saturated heterocycles. The lowest BCUT2D eigenvalue weighted by Crippen LogP contribution is -2.34. The molecule has 1 aromatic rings. The highest BCUT2D eigenvalue weighted by Crippen LogP contribution is 2.19. The normalized spacial score (nSPS) is 13.2. The summed E-state index contributed by atoms with van der Waals surface area (Å²) in [4.78, 5) is 23.5. The molecule has 0 bridgehead atoms. The molecular formula is C18H25NO4. The molecule has 0 aromatic heterocycles. The second-order valence-corrected chi connectivity index (χ2v) is 6.22. The zero-order valence-electron chi connectivity index (χ0n) is 14.4. The highest BCUT2D eigenvalue weighted by Gasteiger charge is 2.20. The van der Waals surface area contributed by atoms with Crippen LogP contribution < -0.4 is 5.32 Å². The van der Waals surface area contributed by atoms with Crippen LogP contribution >= 0.6 is 0 Å². The van der Waals surface area contributed by atoms with Crippen LogP contribution in [-0.4, -0.2) is 24.8 Å². The van der Waals surface area contributed by atoms with Gasteiger partial charge in [0.05, 0.1) is 13.2 Å². The second-order valence-electron chi connectivity index (χ2n) is 6.22. The van der Waals surface area contributed by atoms with Crippen LogP contribution in [0, 0.1) is 0 Å². The monoisotopic (exact) mass is 319 g/mol. The molecule has 0 saturated carbocycles. The van der Waals surface area contributed by atoms with Crippen molar-refractivity contribution in [3.63, 3.8) is 0 Å². The number of benzene rings is 1. The Hall–Kier alpha value is -2.30. The SMILES string of the molecule is COC(=O)/C(C)=C/C[C@@H](NC(=O)OC(C)(C)C)c1ccccc1. The predicted molar refractivity (Wildman–Crippen MR) is 88.9 cm³/mol. The zero-order chi connectivity index (χ0) is 17.5. The molecule has 5 heteroatoms. The first-order valence-electron chi connectivity index (χ1n) is 7.52. The van der Waals surface area contributed by atoms with Gasteiger partial charge in [-0.15, -0.1) is 0 Å². The van der Waals surface area contributed by atoms with Crippen molar-refractivity contribution in [3.05, 3.63) is 47.5 Å². The highest BCUT2D eigenvalue weighted by molar-refractivity contribution is 5.87. The van der Waals surface area contributed by atoms with E-state index in [9.17, 15) is 9.59 Å². The largest absolute Gasteiger partial charge is 0.466 e. The lowest BCUT2D eigenvalue weighted by atomic mass is 10.0. The third kappa shape index (κ3) is 7.00. The Kier molecular flexibility index (Phi) is 6.82. The molecule has 23 heavy (non-hydrogen) atoms. The van der Waals surface area contributed by atoms with E-state index in [-0.39, 0.29) is 12.0 Å². The van der Waals surface area contributed by atoms with Crippen molar-refractivity contribution in [2.24, 2.45) is 0 Å². The van der Waals surface area contributed by atoms with E-state index in [1.54, 1.807) is 13.0 Å². The molecule has 1 aromatic carbocycles. The van der Waals surface area contributed by atoms with E-state index in [4.69, 9.17) is 4.74 Å². The van der Waals surface area contributed by atoms with Gasteiger partial charge in [-0.3, -0.25) is 0 Å². The molecule has 0 aliphatic carbocycles. The summed E-state index contributed by atoms with van der Waals surface area (Å²) < 4.78 is 9.98. The van der Waals surface area contributed by atoms with Crippen molar-refractivity contribution in [1.29, 1.82) is 0 Å². The molecule has 0 radical (unpaired) electrons. The van der Waals surface area contributed by atoms with E-state index >= 15 is 0 Å². The number of rotatable bonds is 5. The van der Waals surface area contributed by atoms with E-state index in [1.807, 2.05) is 51.1 Å². The van der Waals surface area contributed by atoms with Gasteiger partial charge in [-0.05, 0) is 39.7 Å². The van der Waals surface area contributed by atoms with Crippen LogP contribution in [0.4, 0.5) is 4.79 Å². The van der Waals surface area contributed by atoms with Crippen molar-refractivity contribution in [2.45, 2.75) is 45.8 Å². The highest BCUT2D eigenvalue weighted by atomic mass is 16.6. The quantitative estimate of drug-likeness (QED) is 0.663. The number of carbonyl (C=O) groups is 2. The Morgan fingerprint density at radius 2 is 1.83 bits per heavy atom. The molecule has 1 N–H and O–H groups in total. The maximum atomic E-state index is 12.0. The fourth-order valence-corrected chi connectivity index (χ4v) is 1.95. The third-order valence-corrected chi connectivity index (χ3v) is 3.06. The fourth-order valence-electron chi connectivity index (χ4n) is 1.95. The Bertz CT molecular complexity index is 558. The van der Waals surface area contributed by atoms with Crippen LogP contribution in [-0.2, 0) is 14.3 Å². The molecule has 0 fully saturated rings. The van der Waals surface area contributed by atoms with Gasteiger partial charge in [-0.25, -0.2) is 9.59 Å². The Morgan fingerprint density at radius 1 is 1.22 bits per heavy atom. The zero-order valence-corrected chi connectivity index (χ0v) is 14.4. The van der Waals surface area contributed by atoms with Crippen molar-refractivity contribution >= 4 is 12.1 Å². The van der Waals surface area contributed by atoms with Gasteiger partial charge < -0.3 is 14.8 Å². The first-order chi connectivity index (χ1) is 10.7. The van der Waals surface area contributed by atoms with E-state index < -0.39 is 11.7 Å². The number of hydrogen-bond acceptors (Lipinski definition) is 4. The summed E-state index contributed by atoms with van der Waals surface area (Å²) in [6.45, 7) is 7.11. The number of esters is 1. The molecular weight excluding hydrogens is 294 g/mol. The van der Waals surface area contributed by atoms with E-state index in [0.29, 0.717) is 12.0 Å². The molecule has 0 aliphatic rings. The van der Waals surface area contributed by atoms with Crippen molar-refractivity contribution < 1.29 is 19.1 Å². The Balaban J connectivity index is 2.87. The van der Waals surface area contributed by atoms with E-state index in [0.717, 1.165) is 5.56 Å². The summed E-state index contributed by atoms with van der Waals surface area (Å²) in [5, 5.41) is 2.84. The average Bonchev–Trinajstić information content (AvgIpc) is 2.49. The van der Waals surface area contributed by atoms with Crippen LogP contribution in [0.5, 0.6) is 0 Å². The first-order valence-corrected chi connectivity index (χ1v) is 7.52. The van der Waals surface area contributed by atoms with Gasteiger partial charge in [0, 0.05) is 5.57 Å². The minimum atomic E-state index is -0.566. The molecule has 1 rings (SSSR count). The number of nitrogens with one attached hydrogen (secondary N) is 1. The summed E-state index contributed by atoms with van der Waals surface area (Å²) in [6, 6.07) is 9.26. The van der Waals surface area contributed by atoms with Crippen LogP contribution in [0.2, 0.25) is 0 Å². The molecule has 0 unspecified atom stereocenters. The number of methoxy groups -OCH3 is 1. The Morgan fingerprint density at radius 3 is 2.35 bits per heavy atom. The standard InChI is InChI=1S/C18H25NO4/c1-13(16(20)22-5)11-12-15(14-9-7-6-8-10-14)19-17(21)23-18(2,3)4/h6-11,15H,12H2,1-5H3,(H,19,21)/b13-11+/t15-/m1/s1. The Labute approximate surface area is 137 Å². The second kappa shape index (κ2) is 8.36. The summed E-state index contributed by atoms with van der Waals surface area (Å²) in [7, 11) is 1.34. The minimum absolute atomic E-state index is 0.286. The van der Waals surface area contributed by atoms with Crippen molar-refractivity contribution in [1.82, 2.24) is 5.32 Å². The smallest absolute Gasteiger partial charge is 0.408 e. The lowest BCUT2D eigenvalue weighted by molar-refractivity contribution is -0.136. The van der Waals surface area contributed by atoms with Gasteiger partial charge in [0.1, 0.15) is 5.60 Å². The third-order valence-electron chi connectivity index (χ3n) is 3.06. The number of carbonyl (C=O) groups excluding carboxylic acids is 2. The number of hydrogen-bond donors (Lipinski definition) is 1. The maximum absolute atomic E-state index is 12.0. The first kappa shape index (κ1) is 18.7. The maximum Gasteiger partial charge on any atom is 0.408 e. The van der Waals surface area contributed by atoms with Gasteiger partial charge in [-0.2, -0.15) is 0 Å². The van der Waals surface area contributed by atoms with E-state index in [2.05, 4.69) is 10.1 Å². The van der Waals surface area contributed by atoms with Gasteiger partial charge in [0.2, 0.25) is 0 Å². The van der Waals surface area contributed by atoms with Crippen molar-refractivity contribution in [2.75, 3.05) is 7.11 Å². The van der Waals surface area contributed by atoms with Gasteiger partial charge in [-0.1, -0.05) is 36.4 Å². The van der Waals surface area contributed by atoms with Crippen LogP contribution in [0.3, 0.4) is 0 Å². The predicted octanol–water partition coefficient (Wildman–Crippen LogP) is 3.76. The summed E-state index contributed by atoms with van der Waals surface area (Å²) in [5.74, 6) is -0.380. The topological polar surface area (TPSA) is 64.6 Å². The average molecular weight is 319 g/mol. The number of ether oxygens (including phenoxy) is 2. The van der Waals surface area contributed by atoms with E-state index in [1.165, 1.54) is 7.11 Å². The molecule has 1 amide bonds. The number of amides is 1. The van der Waals surface area contributed by atoms with Crippen LogP contribution in [0.25, 0.3) is 0 Å². The summed E-state index contributed by atoms with van der Waals surface area (Å²) in [6.07, 6.45) is 1.72. The molecule has 1 atom stereocenters. The molecule has 0 aliphatic heterocycles. The summed E-state index contributed by atoms with van der Waals surface area (Å²) in [5.41, 5.74) is 0.870. The van der Waals surface area contributed by atoms with Crippen molar-refractivity contribution in [3.8, 4) is 0 Å². The minimum Gasteiger partial charge on any atom is -0.466 e. The van der Waals surface area contributed by atoms with Gasteiger partial charge in [0.25, 0.3) is 0 Å². The molecule has 0 heterocycles. The van der Waals surface area contributed by atoms with Gasteiger partial charge >= 0.3 is 12.1 Å². The van der Waals surface area contributed by atoms with Crippen LogP contribution in [0.15, 0.2) is 42.0 Å².